The van der Waals surface area contributed by atoms with Gasteiger partial charge in [0.25, 0.3) is 0 Å². The van der Waals surface area contributed by atoms with Gasteiger partial charge in [0.2, 0.25) is 0 Å². The molecule has 2 fully saturated rings. The highest BCUT2D eigenvalue weighted by Crippen LogP contribution is 2.36. The molecule has 5 heteroatoms. The molecule has 1 aliphatic carbocycles. The molecule has 5 nitrogen and oxygen atoms in total. The third kappa shape index (κ3) is 1.88. The summed E-state index contributed by atoms with van der Waals surface area (Å²) in [5.74, 6) is 2.66. The van der Waals surface area contributed by atoms with Crippen LogP contribution >= 0.6 is 0 Å². The third-order valence-corrected chi connectivity index (χ3v) is 4.63. The van der Waals surface area contributed by atoms with E-state index in [1.807, 2.05) is 6.20 Å². The van der Waals surface area contributed by atoms with E-state index in [1.54, 1.807) is 0 Å². The Morgan fingerprint density at radius 2 is 2.05 bits per heavy atom. The normalized spacial score (nSPS) is 23.8. The Balaban J connectivity index is 1.70. The van der Waals surface area contributed by atoms with Gasteiger partial charge in [0.15, 0.2) is 5.82 Å². The van der Waals surface area contributed by atoms with E-state index < -0.39 is 0 Å². The first-order chi connectivity index (χ1) is 9.83. The summed E-state index contributed by atoms with van der Waals surface area (Å²) in [5, 5.41) is 7.93. The largest absolute Gasteiger partial charge is 0.381 e. The average Bonchev–Trinajstić information content (AvgIpc) is 2.82. The van der Waals surface area contributed by atoms with Gasteiger partial charge in [0.05, 0.1) is 17.8 Å². The van der Waals surface area contributed by atoms with Crippen molar-refractivity contribution >= 4 is 17.4 Å². The molecule has 1 saturated carbocycles. The van der Waals surface area contributed by atoms with Crippen LogP contribution in [0.4, 0.5) is 5.82 Å². The first-order valence-corrected chi connectivity index (χ1v) is 7.53. The first kappa shape index (κ1) is 12.1. The van der Waals surface area contributed by atoms with E-state index >= 15 is 0 Å². The maximum atomic E-state index is 5.44. The van der Waals surface area contributed by atoms with Gasteiger partial charge in [-0.05, 0) is 25.7 Å². The summed E-state index contributed by atoms with van der Waals surface area (Å²) >= 11 is 0. The Morgan fingerprint density at radius 3 is 2.75 bits per heavy atom. The van der Waals surface area contributed by atoms with Crippen molar-refractivity contribution in [2.45, 2.75) is 38.1 Å². The molecule has 0 unspecified atom stereocenters. The van der Waals surface area contributed by atoms with Crippen molar-refractivity contribution in [3.63, 3.8) is 0 Å². The van der Waals surface area contributed by atoms with Crippen LogP contribution in [0.3, 0.4) is 0 Å². The fraction of sp³-hybridized carbons (Fsp3) is 0.600. The highest BCUT2D eigenvalue weighted by atomic mass is 16.5. The highest BCUT2D eigenvalue weighted by molar-refractivity contribution is 5.98. The maximum Gasteiger partial charge on any atom is 0.162 e. The number of rotatable bonds is 2. The van der Waals surface area contributed by atoms with Crippen molar-refractivity contribution in [2.24, 2.45) is 10.9 Å². The summed E-state index contributed by atoms with van der Waals surface area (Å²) in [6.45, 7) is 5.77. The molecule has 3 aliphatic rings. The van der Waals surface area contributed by atoms with Gasteiger partial charge in [-0.25, -0.2) is 9.67 Å². The lowest BCUT2D eigenvalue weighted by molar-refractivity contribution is 0.0667. The van der Waals surface area contributed by atoms with Crippen LogP contribution in [0.25, 0.3) is 5.70 Å². The standard InChI is InChI=1S/C15H20N4O/c1-10-13-9-16-19(12-5-7-20-8-6-12)15(13)18-14(17-10)11-3-2-4-11/h9,11-12H,1-8H2,(H,17,18). The monoisotopic (exact) mass is 272 g/mol. The molecule has 1 N–H and O–H groups in total. The van der Waals surface area contributed by atoms with Gasteiger partial charge >= 0.3 is 0 Å². The van der Waals surface area contributed by atoms with Crippen LogP contribution in [0, 0.1) is 5.92 Å². The number of nitrogens with zero attached hydrogens (tertiary/aromatic N) is 3. The molecule has 1 saturated heterocycles. The predicted octanol–water partition coefficient (Wildman–Crippen LogP) is 2.64. The zero-order valence-electron chi connectivity index (χ0n) is 11.6. The van der Waals surface area contributed by atoms with Crippen molar-refractivity contribution in [1.82, 2.24) is 15.1 Å². The number of aromatic nitrogens is 2. The molecule has 0 spiro atoms. The minimum Gasteiger partial charge on any atom is -0.381 e. The molecule has 4 rings (SSSR count). The minimum absolute atomic E-state index is 0.407. The number of nitrogens with one attached hydrogen (secondary N) is 1. The lowest BCUT2D eigenvalue weighted by atomic mass is 9.84. The quantitative estimate of drug-likeness (QED) is 0.900. The second-order valence-corrected chi connectivity index (χ2v) is 5.90. The Kier molecular flexibility index (Phi) is 2.88. The fourth-order valence-corrected chi connectivity index (χ4v) is 3.12. The van der Waals surface area contributed by atoms with Crippen molar-refractivity contribution in [3.05, 3.63) is 18.3 Å². The molecule has 2 aliphatic heterocycles. The van der Waals surface area contributed by atoms with E-state index in [4.69, 9.17) is 9.73 Å². The van der Waals surface area contributed by atoms with E-state index in [9.17, 15) is 0 Å². The van der Waals surface area contributed by atoms with Crippen LogP contribution in [-0.4, -0.2) is 28.8 Å². The summed E-state index contributed by atoms with van der Waals surface area (Å²) in [4.78, 5) is 4.86. The molecule has 20 heavy (non-hydrogen) atoms. The second-order valence-electron chi connectivity index (χ2n) is 5.90. The van der Waals surface area contributed by atoms with Crippen molar-refractivity contribution in [3.8, 4) is 0 Å². The Bertz CT molecular complexity index is 564. The van der Waals surface area contributed by atoms with E-state index in [2.05, 4.69) is 21.7 Å². The summed E-state index contributed by atoms with van der Waals surface area (Å²) in [6, 6.07) is 0.407. The molecule has 0 bridgehead atoms. The van der Waals surface area contributed by atoms with Crippen LogP contribution in [0.5, 0.6) is 0 Å². The van der Waals surface area contributed by atoms with Crippen molar-refractivity contribution in [2.75, 3.05) is 13.2 Å². The van der Waals surface area contributed by atoms with Crippen LogP contribution in [0.2, 0.25) is 0 Å². The van der Waals surface area contributed by atoms with Crippen LogP contribution in [-0.2, 0) is 4.74 Å². The summed E-state index contributed by atoms with van der Waals surface area (Å²) in [6.07, 6.45) is 7.70. The van der Waals surface area contributed by atoms with Gasteiger partial charge < -0.3 is 10.1 Å². The zero-order chi connectivity index (χ0) is 13.5. The summed E-state index contributed by atoms with van der Waals surface area (Å²) in [5.41, 5.74) is 1.98. The number of fused-ring (bicyclic) bond motifs is 1. The molecular weight excluding hydrogens is 252 g/mol. The fourth-order valence-electron chi connectivity index (χ4n) is 3.12. The van der Waals surface area contributed by atoms with E-state index in [-0.39, 0.29) is 0 Å². The molecule has 106 valence electrons. The molecule has 0 radical (unpaired) electrons. The maximum absolute atomic E-state index is 5.44. The van der Waals surface area contributed by atoms with Gasteiger partial charge in [0, 0.05) is 24.8 Å². The summed E-state index contributed by atoms with van der Waals surface area (Å²) < 4.78 is 7.53. The molecule has 3 heterocycles. The highest BCUT2D eigenvalue weighted by Gasteiger charge is 2.30. The lowest BCUT2D eigenvalue weighted by Crippen LogP contribution is -2.35. The third-order valence-electron chi connectivity index (χ3n) is 4.63. The van der Waals surface area contributed by atoms with Gasteiger partial charge in [-0.15, -0.1) is 0 Å². The van der Waals surface area contributed by atoms with Crippen molar-refractivity contribution < 1.29 is 4.74 Å². The summed E-state index contributed by atoms with van der Waals surface area (Å²) in [7, 11) is 0. The number of hydrogen-bond donors (Lipinski definition) is 1. The van der Waals surface area contributed by atoms with Gasteiger partial charge in [-0.3, -0.25) is 0 Å². The topological polar surface area (TPSA) is 51.4 Å². The van der Waals surface area contributed by atoms with E-state index in [1.165, 1.54) is 19.3 Å². The predicted molar refractivity (Wildman–Crippen MR) is 77.9 cm³/mol. The Labute approximate surface area is 118 Å². The number of amidine groups is 1. The van der Waals surface area contributed by atoms with Gasteiger partial charge in [-0.2, -0.15) is 5.10 Å². The van der Waals surface area contributed by atoms with Gasteiger partial charge in [-0.1, -0.05) is 13.0 Å². The number of ether oxygens (including phenoxy) is 1. The van der Waals surface area contributed by atoms with Crippen LogP contribution < -0.4 is 5.32 Å². The molecule has 0 atom stereocenters. The number of aliphatic imine (C=N–C) groups is 1. The van der Waals surface area contributed by atoms with E-state index in [0.29, 0.717) is 12.0 Å². The molecular formula is C15H20N4O. The van der Waals surface area contributed by atoms with Crippen LogP contribution in [0.15, 0.2) is 17.8 Å². The van der Waals surface area contributed by atoms with Crippen molar-refractivity contribution in [1.29, 1.82) is 0 Å². The van der Waals surface area contributed by atoms with Gasteiger partial charge in [0.1, 0.15) is 5.84 Å². The SMILES string of the molecule is C=C1NC(C2CCC2)=Nc2c1cnn2C1CCOCC1. The molecule has 1 aromatic heterocycles. The zero-order valence-corrected chi connectivity index (χ0v) is 11.6. The minimum atomic E-state index is 0.407. The first-order valence-electron chi connectivity index (χ1n) is 7.53. The number of hydrogen-bond acceptors (Lipinski definition) is 4. The molecule has 0 amide bonds. The second kappa shape index (κ2) is 4.74. The Morgan fingerprint density at radius 1 is 1.25 bits per heavy atom. The average molecular weight is 272 g/mol. The lowest BCUT2D eigenvalue weighted by Gasteiger charge is -2.31. The smallest absolute Gasteiger partial charge is 0.162 e. The Hall–Kier alpha value is -1.62. The molecule has 1 aromatic rings. The van der Waals surface area contributed by atoms with Crippen LogP contribution in [0.1, 0.15) is 43.7 Å². The van der Waals surface area contributed by atoms with E-state index in [0.717, 1.165) is 49.0 Å². The molecule has 0 aromatic carbocycles.